The number of aryl methyl sites for hydroxylation is 1. The number of esters is 1. The van der Waals surface area contributed by atoms with Gasteiger partial charge in [0.1, 0.15) is 11.5 Å². The van der Waals surface area contributed by atoms with Crippen LogP contribution >= 0.6 is 0 Å². The number of hydrazone groups is 1. The molecule has 0 fully saturated rings. The lowest BCUT2D eigenvalue weighted by molar-refractivity contribution is -0.128. The van der Waals surface area contributed by atoms with Crippen molar-refractivity contribution in [2.24, 2.45) is 5.10 Å². The van der Waals surface area contributed by atoms with Gasteiger partial charge in [-0.05, 0) is 55.0 Å². The van der Waals surface area contributed by atoms with Crippen molar-refractivity contribution >= 4 is 24.2 Å². The van der Waals surface area contributed by atoms with Gasteiger partial charge < -0.3 is 9.15 Å². The van der Waals surface area contributed by atoms with Crippen LogP contribution in [0.2, 0.25) is 0 Å². The van der Waals surface area contributed by atoms with Crippen LogP contribution in [0, 0.1) is 6.92 Å². The molecule has 0 atom stereocenters. The molecule has 0 aliphatic carbocycles. The minimum atomic E-state index is -0.536. The number of nitrogens with one attached hydrogen (secondary N) is 1. The number of pyridine rings is 1. The van der Waals surface area contributed by atoms with E-state index in [4.69, 9.17) is 9.15 Å². The Labute approximate surface area is 161 Å². The number of aromatic nitrogens is 1. The molecule has 140 valence electrons. The van der Waals surface area contributed by atoms with Gasteiger partial charge in [-0.2, -0.15) is 5.10 Å². The van der Waals surface area contributed by atoms with Crippen molar-refractivity contribution in [2.75, 3.05) is 0 Å². The summed E-state index contributed by atoms with van der Waals surface area (Å²) in [6, 6.07) is 13.6. The number of hydrogen-bond acceptors (Lipinski definition) is 6. The van der Waals surface area contributed by atoms with Crippen LogP contribution in [0.1, 0.15) is 27.4 Å². The minimum Gasteiger partial charge on any atom is -0.465 e. The largest absolute Gasteiger partial charge is 0.465 e. The molecule has 0 aliphatic rings. The fourth-order valence-electron chi connectivity index (χ4n) is 2.18. The molecular formula is C21H17N3O4. The van der Waals surface area contributed by atoms with Crippen LogP contribution in [0.25, 0.3) is 6.08 Å². The van der Waals surface area contributed by atoms with Crippen molar-refractivity contribution in [3.05, 3.63) is 89.6 Å². The van der Waals surface area contributed by atoms with E-state index < -0.39 is 5.97 Å². The number of carbonyl (C=O) groups is 2. The van der Waals surface area contributed by atoms with E-state index >= 15 is 0 Å². The Morgan fingerprint density at radius 1 is 1.18 bits per heavy atom. The quantitative estimate of drug-likeness (QED) is 0.234. The SMILES string of the molecule is Cc1ccc(C(=O)N/N=C\c2cccc(OC(=O)/C=C\c3ccco3)c2)cn1. The fourth-order valence-corrected chi connectivity index (χ4v) is 2.18. The van der Waals surface area contributed by atoms with Crippen molar-refractivity contribution in [1.82, 2.24) is 10.4 Å². The van der Waals surface area contributed by atoms with Gasteiger partial charge in [0, 0.05) is 18.0 Å². The molecule has 0 saturated carbocycles. The van der Waals surface area contributed by atoms with Crippen LogP contribution in [-0.2, 0) is 4.79 Å². The lowest BCUT2D eigenvalue weighted by Crippen LogP contribution is -2.17. The number of benzene rings is 1. The van der Waals surface area contributed by atoms with E-state index in [1.165, 1.54) is 30.8 Å². The van der Waals surface area contributed by atoms with Gasteiger partial charge in [-0.3, -0.25) is 9.78 Å². The van der Waals surface area contributed by atoms with E-state index in [-0.39, 0.29) is 5.91 Å². The number of hydrogen-bond donors (Lipinski definition) is 1. The number of amides is 1. The third-order valence-corrected chi connectivity index (χ3v) is 3.56. The second kappa shape index (κ2) is 9.09. The van der Waals surface area contributed by atoms with E-state index in [1.54, 1.807) is 48.5 Å². The highest BCUT2D eigenvalue weighted by Gasteiger charge is 2.04. The highest BCUT2D eigenvalue weighted by molar-refractivity contribution is 5.94. The van der Waals surface area contributed by atoms with Gasteiger partial charge in [0.15, 0.2) is 0 Å². The Morgan fingerprint density at radius 3 is 2.82 bits per heavy atom. The predicted octanol–water partition coefficient (Wildman–Crippen LogP) is 3.37. The summed E-state index contributed by atoms with van der Waals surface area (Å²) in [7, 11) is 0. The van der Waals surface area contributed by atoms with E-state index in [2.05, 4.69) is 15.5 Å². The molecule has 1 N–H and O–H groups in total. The maximum Gasteiger partial charge on any atom is 0.336 e. The summed E-state index contributed by atoms with van der Waals surface area (Å²) in [5.41, 5.74) is 4.31. The Morgan fingerprint density at radius 2 is 2.07 bits per heavy atom. The summed E-state index contributed by atoms with van der Waals surface area (Å²) in [4.78, 5) is 27.9. The average Bonchev–Trinajstić information content (AvgIpc) is 3.21. The summed E-state index contributed by atoms with van der Waals surface area (Å²) < 4.78 is 10.3. The maximum absolute atomic E-state index is 12.0. The molecule has 0 radical (unpaired) electrons. The normalized spacial score (nSPS) is 11.0. The van der Waals surface area contributed by atoms with Crippen molar-refractivity contribution in [3.8, 4) is 5.75 Å². The highest BCUT2D eigenvalue weighted by Crippen LogP contribution is 2.13. The Hall–Kier alpha value is -4.00. The first kappa shape index (κ1) is 18.8. The minimum absolute atomic E-state index is 0.354. The van der Waals surface area contributed by atoms with Crippen LogP contribution in [0.3, 0.4) is 0 Å². The molecule has 7 heteroatoms. The second-order valence-corrected chi connectivity index (χ2v) is 5.73. The van der Waals surface area contributed by atoms with Gasteiger partial charge >= 0.3 is 5.97 Å². The molecule has 28 heavy (non-hydrogen) atoms. The molecular weight excluding hydrogens is 358 g/mol. The van der Waals surface area contributed by atoms with Crippen molar-refractivity contribution in [2.45, 2.75) is 6.92 Å². The topological polar surface area (TPSA) is 93.8 Å². The molecule has 0 spiro atoms. The molecule has 0 saturated heterocycles. The van der Waals surface area contributed by atoms with Gasteiger partial charge in [0.05, 0.1) is 18.0 Å². The number of ether oxygens (including phenoxy) is 1. The molecule has 3 rings (SSSR count). The van der Waals surface area contributed by atoms with E-state index in [0.717, 1.165) is 5.69 Å². The van der Waals surface area contributed by atoms with E-state index in [0.29, 0.717) is 22.6 Å². The molecule has 2 aromatic heterocycles. The van der Waals surface area contributed by atoms with Gasteiger partial charge in [0.2, 0.25) is 0 Å². The molecule has 1 aromatic carbocycles. The molecule has 0 aliphatic heterocycles. The summed E-state index contributed by atoms with van der Waals surface area (Å²) in [5, 5.41) is 3.91. The number of rotatable bonds is 6. The summed E-state index contributed by atoms with van der Waals surface area (Å²) in [6.07, 6.45) is 7.24. The van der Waals surface area contributed by atoms with Crippen molar-refractivity contribution in [1.29, 1.82) is 0 Å². The predicted molar refractivity (Wildman–Crippen MR) is 104 cm³/mol. The van der Waals surface area contributed by atoms with E-state index in [1.807, 2.05) is 6.92 Å². The summed E-state index contributed by atoms with van der Waals surface area (Å²) in [6.45, 7) is 1.84. The van der Waals surface area contributed by atoms with Gasteiger partial charge in [-0.1, -0.05) is 12.1 Å². The monoisotopic (exact) mass is 375 g/mol. The highest BCUT2D eigenvalue weighted by atomic mass is 16.5. The number of furan rings is 1. The molecule has 0 unspecified atom stereocenters. The zero-order chi connectivity index (χ0) is 19.8. The molecule has 3 aromatic rings. The van der Waals surface area contributed by atoms with Crippen LogP contribution in [0.15, 0.2) is 76.6 Å². The van der Waals surface area contributed by atoms with Crippen molar-refractivity contribution < 1.29 is 18.7 Å². The van der Waals surface area contributed by atoms with Crippen molar-refractivity contribution in [3.63, 3.8) is 0 Å². The van der Waals surface area contributed by atoms with Gasteiger partial charge in [-0.25, -0.2) is 10.2 Å². The average molecular weight is 375 g/mol. The third kappa shape index (κ3) is 5.50. The zero-order valence-corrected chi connectivity index (χ0v) is 15.0. The maximum atomic E-state index is 12.0. The first-order valence-electron chi connectivity index (χ1n) is 8.40. The fraction of sp³-hybridized carbons (Fsp3) is 0.0476. The smallest absolute Gasteiger partial charge is 0.336 e. The third-order valence-electron chi connectivity index (χ3n) is 3.56. The molecule has 1 amide bonds. The molecule has 0 bridgehead atoms. The van der Waals surface area contributed by atoms with Crippen LogP contribution < -0.4 is 10.2 Å². The van der Waals surface area contributed by atoms with Gasteiger partial charge in [-0.15, -0.1) is 0 Å². The molecule has 2 heterocycles. The first-order valence-corrected chi connectivity index (χ1v) is 8.40. The Balaban J connectivity index is 1.56. The standard InChI is InChI=1S/C21H17N3O4/c1-15-7-8-17(14-22-15)21(26)24-23-13-16-4-2-5-19(12-16)28-20(25)10-9-18-6-3-11-27-18/h2-14H,1H3,(H,24,26)/b10-9-,23-13-. The lowest BCUT2D eigenvalue weighted by Gasteiger charge is -2.02. The second-order valence-electron chi connectivity index (χ2n) is 5.73. The number of nitrogens with zero attached hydrogens (tertiary/aromatic N) is 2. The summed E-state index contributed by atoms with van der Waals surface area (Å²) >= 11 is 0. The lowest BCUT2D eigenvalue weighted by atomic mass is 10.2. The Kier molecular flexibility index (Phi) is 6.10. The van der Waals surface area contributed by atoms with Gasteiger partial charge in [0.25, 0.3) is 5.91 Å². The number of carbonyl (C=O) groups excluding carboxylic acids is 2. The Bertz CT molecular complexity index is 1010. The van der Waals surface area contributed by atoms with E-state index in [9.17, 15) is 9.59 Å². The first-order chi connectivity index (χ1) is 13.6. The zero-order valence-electron chi connectivity index (χ0n) is 15.0. The van der Waals surface area contributed by atoms with Crippen LogP contribution in [-0.4, -0.2) is 23.1 Å². The molecule has 7 nitrogen and oxygen atoms in total. The van der Waals surface area contributed by atoms with Crippen LogP contribution in [0.4, 0.5) is 0 Å². The van der Waals surface area contributed by atoms with Crippen LogP contribution in [0.5, 0.6) is 5.75 Å². The summed E-state index contributed by atoms with van der Waals surface area (Å²) in [5.74, 6) is 0.00418.